The molecular formula is C16H18Cl2N2O. The third-order valence-corrected chi connectivity index (χ3v) is 3.68. The SMILES string of the molecule is CCCNCc1cc(C)nc(Oc2cccc(Cl)c2Cl)c1. The van der Waals surface area contributed by atoms with Gasteiger partial charge in [0.05, 0.1) is 5.02 Å². The number of pyridine rings is 1. The third-order valence-electron chi connectivity index (χ3n) is 2.88. The lowest BCUT2D eigenvalue weighted by molar-refractivity contribution is 0.460. The first-order valence-electron chi connectivity index (χ1n) is 6.90. The summed E-state index contributed by atoms with van der Waals surface area (Å²) in [5.74, 6) is 1.03. The van der Waals surface area contributed by atoms with E-state index in [0.717, 1.165) is 30.8 Å². The topological polar surface area (TPSA) is 34.2 Å². The van der Waals surface area contributed by atoms with Gasteiger partial charge in [-0.3, -0.25) is 0 Å². The third kappa shape index (κ3) is 4.60. The molecule has 2 aromatic rings. The van der Waals surface area contributed by atoms with E-state index in [1.807, 2.05) is 19.1 Å². The van der Waals surface area contributed by atoms with Gasteiger partial charge in [0, 0.05) is 18.3 Å². The van der Waals surface area contributed by atoms with E-state index in [1.165, 1.54) is 0 Å². The van der Waals surface area contributed by atoms with Crippen LogP contribution in [0.2, 0.25) is 10.0 Å². The number of aryl methyl sites for hydroxylation is 1. The second kappa shape index (κ2) is 7.64. The molecule has 2 rings (SSSR count). The van der Waals surface area contributed by atoms with Gasteiger partial charge in [0.25, 0.3) is 0 Å². The number of nitrogens with one attached hydrogen (secondary N) is 1. The number of benzene rings is 1. The molecule has 0 atom stereocenters. The molecular weight excluding hydrogens is 307 g/mol. The molecule has 5 heteroatoms. The van der Waals surface area contributed by atoms with Gasteiger partial charge in [-0.15, -0.1) is 0 Å². The van der Waals surface area contributed by atoms with E-state index < -0.39 is 0 Å². The summed E-state index contributed by atoms with van der Waals surface area (Å²) < 4.78 is 5.76. The molecule has 0 spiro atoms. The Morgan fingerprint density at radius 3 is 2.81 bits per heavy atom. The minimum absolute atomic E-state index is 0.396. The summed E-state index contributed by atoms with van der Waals surface area (Å²) in [5, 5.41) is 4.22. The molecule has 0 aliphatic rings. The molecule has 0 unspecified atom stereocenters. The highest BCUT2D eigenvalue weighted by molar-refractivity contribution is 6.42. The van der Waals surface area contributed by atoms with Crippen LogP contribution in [0, 0.1) is 6.92 Å². The molecule has 1 N–H and O–H groups in total. The number of ether oxygens (including phenoxy) is 1. The van der Waals surface area contributed by atoms with E-state index >= 15 is 0 Å². The van der Waals surface area contributed by atoms with Gasteiger partial charge in [-0.25, -0.2) is 4.98 Å². The smallest absolute Gasteiger partial charge is 0.219 e. The van der Waals surface area contributed by atoms with Crippen molar-refractivity contribution in [2.75, 3.05) is 6.54 Å². The van der Waals surface area contributed by atoms with E-state index in [0.29, 0.717) is 21.7 Å². The zero-order valence-corrected chi connectivity index (χ0v) is 13.6. The van der Waals surface area contributed by atoms with Crippen molar-refractivity contribution in [3.63, 3.8) is 0 Å². The van der Waals surface area contributed by atoms with Gasteiger partial charge in [0.2, 0.25) is 5.88 Å². The fraction of sp³-hybridized carbons (Fsp3) is 0.312. The van der Waals surface area contributed by atoms with Crippen molar-refractivity contribution < 1.29 is 4.74 Å². The van der Waals surface area contributed by atoms with Crippen LogP contribution in [0.4, 0.5) is 0 Å². The Bertz CT molecular complexity index is 617. The Hall–Kier alpha value is -1.29. The minimum atomic E-state index is 0.396. The van der Waals surface area contributed by atoms with Crippen LogP contribution >= 0.6 is 23.2 Å². The molecule has 112 valence electrons. The molecule has 1 aromatic carbocycles. The number of hydrogen-bond donors (Lipinski definition) is 1. The fourth-order valence-corrected chi connectivity index (χ4v) is 2.28. The lowest BCUT2D eigenvalue weighted by atomic mass is 10.2. The number of halogens is 2. The zero-order valence-electron chi connectivity index (χ0n) is 12.1. The molecule has 0 fully saturated rings. The van der Waals surface area contributed by atoms with E-state index in [2.05, 4.69) is 17.2 Å². The highest BCUT2D eigenvalue weighted by Crippen LogP contribution is 2.34. The van der Waals surface area contributed by atoms with Gasteiger partial charge < -0.3 is 10.1 Å². The summed E-state index contributed by atoms with van der Waals surface area (Å²) in [7, 11) is 0. The Kier molecular flexibility index (Phi) is 5.85. The van der Waals surface area contributed by atoms with E-state index in [9.17, 15) is 0 Å². The molecule has 0 saturated carbocycles. The van der Waals surface area contributed by atoms with Crippen LogP contribution in [-0.2, 0) is 6.54 Å². The van der Waals surface area contributed by atoms with Gasteiger partial charge in [-0.05, 0) is 43.7 Å². The fourth-order valence-electron chi connectivity index (χ4n) is 1.95. The zero-order chi connectivity index (χ0) is 15.2. The number of nitrogens with zero attached hydrogens (tertiary/aromatic N) is 1. The maximum Gasteiger partial charge on any atom is 0.219 e. The quantitative estimate of drug-likeness (QED) is 0.760. The molecule has 21 heavy (non-hydrogen) atoms. The van der Waals surface area contributed by atoms with Gasteiger partial charge in [-0.2, -0.15) is 0 Å². The Labute approximate surface area is 135 Å². The molecule has 1 heterocycles. The highest BCUT2D eigenvalue weighted by Gasteiger charge is 2.08. The lowest BCUT2D eigenvalue weighted by Crippen LogP contribution is -2.14. The van der Waals surface area contributed by atoms with Crippen molar-refractivity contribution in [1.82, 2.24) is 10.3 Å². The molecule has 0 bridgehead atoms. The van der Waals surface area contributed by atoms with Crippen molar-refractivity contribution >= 4 is 23.2 Å². The lowest BCUT2D eigenvalue weighted by Gasteiger charge is -2.10. The summed E-state index contributed by atoms with van der Waals surface area (Å²) in [4.78, 5) is 4.38. The maximum absolute atomic E-state index is 6.13. The largest absolute Gasteiger partial charge is 0.437 e. The van der Waals surface area contributed by atoms with Crippen LogP contribution < -0.4 is 10.1 Å². The summed E-state index contributed by atoms with van der Waals surface area (Å²) in [6, 6.07) is 9.23. The molecule has 0 radical (unpaired) electrons. The Morgan fingerprint density at radius 1 is 1.24 bits per heavy atom. The highest BCUT2D eigenvalue weighted by atomic mass is 35.5. The van der Waals surface area contributed by atoms with Gasteiger partial charge in [0.15, 0.2) is 0 Å². The second-order valence-electron chi connectivity index (χ2n) is 4.79. The standard InChI is InChI=1S/C16H18Cl2N2O/c1-3-7-19-10-12-8-11(2)20-15(9-12)21-14-6-4-5-13(17)16(14)18/h4-6,8-9,19H,3,7,10H2,1-2H3. The predicted octanol–water partition coefficient (Wildman–Crippen LogP) is 4.99. The van der Waals surface area contributed by atoms with Crippen molar-refractivity contribution in [2.24, 2.45) is 0 Å². The molecule has 3 nitrogen and oxygen atoms in total. The summed E-state index contributed by atoms with van der Waals surface area (Å²) >= 11 is 12.1. The maximum atomic E-state index is 6.13. The van der Waals surface area contributed by atoms with Crippen LogP contribution in [-0.4, -0.2) is 11.5 Å². The first-order valence-corrected chi connectivity index (χ1v) is 7.66. The molecule has 0 amide bonds. The van der Waals surface area contributed by atoms with E-state index in [-0.39, 0.29) is 0 Å². The van der Waals surface area contributed by atoms with Gasteiger partial charge in [-0.1, -0.05) is 36.2 Å². The summed E-state index contributed by atoms with van der Waals surface area (Å²) in [5.41, 5.74) is 2.03. The molecule has 0 aliphatic carbocycles. The van der Waals surface area contributed by atoms with E-state index in [4.69, 9.17) is 27.9 Å². The average Bonchev–Trinajstić information content (AvgIpc) is 2.44. The first kappa shape index (κ1) is 16.1. The average molecular weight is 325 g/mol. The second-order valence-corrected chi connectivity index (χ2v) is 5.57. The van der Waals surface area contributed by atoms with Crippen LogP contribution in [0.5, 0.6) is 11.6 Å². The predicted molar refractivity (Wildman–Crippen MR) is 87.5 cm³/mol. The van der Waals surface area contributed by atoms with Crippen LogP contribution in [0.15, 0.2) is 30.3 Å². The molecule has 0 saturated heterocycles. The number of hydrogen-bond acceptors (Lipinski definition) is 3. The summed E-state index contributed by atoms with van der Waals surface area (Å²) in [6.07, 6.45) is 1.10. The summed E-state index contributed by atoms with van der Waals surface area (Å²) in [6.45, 7) is 5.85. The van der Waals surface area contributed by atoms with Gasteiger partial charge >= 0.3 is 0 Å². The first-order chi connectivity index (χ1) is 10.1. The molecule has 0 aliphatic heterocycles. The van der Waals surface area contributed by atoms with Crippen LogP contribution in [0.3, 0.4) is 0 Å². The number of aromatic nitrogens is 1. The van der Waals surface area contributed by atoms with Crippen molar-refractivity contribution in [3.8, 4) is 11.6 Å². The van der Waals surface area contributed by atoms with Crippen molar-refractivity contribution in [1.29, 1.82) is 0 Å². The Morgan fingerprint density at radius 2 is 2.05 bits per heavy atom. The molecule has 1 aromatic heterocycles. The minimum Gasteiger partial charge on any atom is -0.437 e. The van der Waals surface area contributed by atoms with Crippen molar-refractivity contribution in [2.45, 2.75) is 26.8 Å². The van der Waals surface area contributed by atoms with Gasteiger partial charge in [0.1, 0.15) is 10.8 Å². The normalized spacial score (nSPS) is 10.7. The van der Waals surface area contributed by atoms with Crippen molar-refractivity contribution in [3.05, 3.63) is 51.6 Å². The Balaban J connectivity index is 2.17. The van der Waals surface area contributed by atoms with E-state index in [1.54, 1.807) is 18.2 Å². The number of rotatable bonds is 6. The van der Waals surface area contributed by atoms with Crippen LogP contribution in [0.25, 0.3) is 0 Å². The van der Waals surface area contributed by atoms with Crippen LogP contribution in [0.1, 0.15) is 24.6 Å². The monoisotopic (exact) mass is 324 g/mol.